The molecule has 3 aromatic rings. The molecule has 0 aliphatic rings. The predicted octanol–water partition coefficient (Wildman–Crippen LogP) is 5.02. The Bertz CT molecular complexity index is 824. The summed E-state index contributed by atoms with van der Waals surface area (Å²) in [7, 11) is 3.57. The minimum absolute atomic E-state index is 0.0986. The molecule has 0 aliphatic carbocycles. The van der Waals surface area contributed by atoms with Gasteiger partial charge >= 0.3 is 0 Å². The molecule has 0 saturated heterocycles. The fourth-order valence-corrected chi connectivity index (χ4v) is 4.30. The molecule has 23 heavy (non-hydrogen) atoms. The summed E-state index contributed by atoms with van der Waals surface area (Å²) in [6, 6.07) is 18.7. The molecule has 1 unspecified atom stereocenters. The third kappa shape index (κ3) is 3.28. The minimum atomic E-state index is -0.0995. The Morgan fingerprint density at radius 2 is 1.74 bits per heavy atom. The number of fused-ring (bicyclic) bond motifs is 1. The van der Waals surface area contributed by atoms with E-state index in [1.54, 1.807) is 30.3 Å². The molecule has 4 heteroatoms. The highest BCUT2D eigenvalue weighted by atomic mass is 32.1. The van der Waals surface area contributed by atoms with Crippen LogP contribution in [0.2, 0.25) is 0 Å². The SMILES string of the molecule is CN(C)C(=O)CC(S)c1sc2ccccc2c1-c1ccccc1. The van der Waals surface area contributed by atoms with E-state index in [2.05, 4.69) is 36.4 Å². The molecule has 118 valence electrons. The van der Waals surface area contributed by atoms with Crippen molar-refractivity contribution in [3.63, 3.8) is 0 Å². The fourth-order valence-electron chi connectivity index (χ4n) is 2.64. The molecule has 3 rings (SSSR count). The number of rotatable bonds is 4. The van der Waals surface area contributed by atoms with E-state index in [1.807, 2.05) is 18.2 Å². The van der Waals surface area contributed by atoms with Gasteiger partial charge in [0.1, 0.15) is 0 Å². The summed E-state index contributed by atoms with van der Waals surface area (Å²) in [6.45, 7) is 0. The zero-order valence-corrected chi connectivity index (χ0v) is 14.9. The smallest absolute Gasteiger partial charge is 0.223 e. The summed E-state index contributed by atoms with van der Waals surface area (Å²) < 4.78 is 1.23. The average molecular weight is 342 g/mol. The highest BCUT2D eigenvalue weighted by molar-refractivity contribution is 7.80. The zero-order valence-electron chi connectivity index (χ0n) is 13.2. The lowest BCUT2D eigenvalue weighted by Gasteiger charge is -2.15. The Labute approximate surface area is 146 Å². The first-order chi connectivity index (χ1) is 11.1. The monoisotopic (exact) mass is 341 g/mol. The molecule has 0 aliphatic heterocycles. The van der Waals surface area contributed by atoms with E-state index in [4.69, 9.17) is 12.6 Å². The van der Waals surface area contributed by atoms with E-state index in [1.165, 1.54) is 21.2 Å². The second kappa shape index (κ2) is 6.77. The number of amides is 1. The number of thiol groups is 1. The normalized spacial score (nSPS) is 12.3. The number of carbonyl (C=O) groups is 1. The second-order valence-corrected chi connectivity index (χ2v) is 7.42. The molecule has 2 aromatic carbocycles. The van der Waals surface area contributed by atoms with E-state index in [9.17, 15) is 4.79 Å². The number of hydrogen-bond acceptors (Lipinski definition) is 3. The second-order valence-electron chi connectivity index (χ2n) is 5.71. The summed E-state index contributed by atoms with van der Waals surface area (Å²) in [6.07, 6.45) is 0.406. The molecule has 0 spiro atoms. The highest BCUT2D eigenvalue weighted by Gasteiger charge is 2.21. The Morgan fingerprint density at radius 3 is 2.43 bits per heavy atom. The maximum Gasteiger partial charge on any atom is 0.223 e. The molecule has 1 heterocycles. The van der Waals surface area contributed by atoms with Crippen molar-refractivity contribution in [3.8, 4) is 11.1 Å². The van der Waals surface area contributed by atoms with Crippen molar-refractivity contribution in [2.24, 2.45) is 0 Å². The summed E-state index contributed by atoms with van der Waals surface area (Å²) in [5, 5.41) is 1.13. The lowest BCUT2D eigenvalue weighted by atomic mass is 10.00. The molecule has 0 saturated carbocycles. The van der Waals surface area contributed by atoms with Crippen LogP contribution in [0.4, 0.5) is 0 Å². The van der Waals surface area contributed by atoms with Crippen LogP contribution in [0.5, 0.6) is 0 Å². The molecule has 1 atom stereocenters. The number of benzene rings is 2. The van der Waals surface area contributed by atoms with Crippen LogP contribution in [-0.2, 0) is 4.79 Å². The Morgan fingerprint density at radius 1 is 1.09 bits per heavy atom. The number of carbonyl (C=O) groups excluding carboxylic acids is 1. The van der Waals surface area contributed by atoms with Gasteiger partial charge in [0.2, 0.25) is 5.91 Å². The molecule has 0 radical (unpaired) electrons. The van der Waals surface area contributed by atoms with Crippen LogP contribution in [-0.4, -0.2) is 24.9 Å². The van der Waals surface area contributed by atoms with Crippen LogP contribution in [0.25, 0.3) is 21.2 Å². The molecular formula is C19H19NOS2. The first-order valence-electron chi connectivity index (χ1n) is 7.53. The summed E-state index contributed by atoms with van der Waals surface area (Å²) in [5.41, 5.74) is 2.38. The van der Waals surface area contributed by atoms with Gasteiger partial charge in [0, 0.05) is 46.3 Å². The summed E-state index contributed by atoms with van der Waals surface area (Å²) in [4.78, 5) is 14.9. The highest BCUT2D eigenvalue weighted by Crippen LogP contribution is 2.44. The van der Waals surface area contributed by atoms with E-state index in [0.717, 1.165) is 4.88 Å². The van der Waals surface area contributed by atoms with Crippen LogP contribution in [0, 0.1) is 0 Å². The lowest BCUT2D eigenvalue weighted by molar-refractivity contribution is -0.128. The zero-order chi connectivity index (χ0) is 16.4. The van der Waals surface area contributed by atoms with Crippen molar-refractivity contribution in [1.82, 2.24) is 4.90 Å². The van der Waals surface area contributed by atoms with Gasteiger partial charge in [-0.2, -0.15) is 12.6 Å². The van der Waals surface area contributed by atoms with E-state index >= 15 is 0 Å². The Kier molecular flexibility index (Phi) is 4.74. The van der Waals surface area contributed by atoms with Crippen molar-refractivity contribution in [2.45, 2.75) is 11.7 Å². The van der Waals surface area contributed by atoms with Gasteiger partial charge in [-0.3, -0.25) is 4.79 Å². The first-order valence-corrected chi connectivity index (χ1v) is 8.86. The van der Waals surface area contributed by atoms with Crippen molar-refractivity contribution in [3.05, 3.63) is 59.5 Å². The third-order valence-corrected chi connectivity index (χ3v) is 5.75. The van der Waals surface area contributed by atoms with Gasteiger partial charge in [-0.05, 0) is 11.6 Å². The molecule has 1 aromatic heterocycles. The van der Waals surface area contributed by atoms with Crippen LogP contribution < -0.4 is 0 Å². The molecule has 1 amide bonds. The standard InChI is InChI=1S/C19H19NOS2/c1-20(2)17(21)12-15(22)19-18(13-8-4-3-5-9-13)14-10-6-7-11-16(14)23-19/h3-11,15,22H,12H2,1-2H3. The van der Waals surface area contributed by atoms with Crippen molar-refractivity contribution < 1.29 is 4.79 Å². The van der Waals surface area contributed by atoms with Crippen LogP contribution >= 0.6 is 24.0 Å². The van der Waals surface area contributed by atoms with Gasteiger partial charge in [-0.15, -0.1) is 11.3 Å². The van der Waals surface area contributed by atoms with E-state index in [-0.39, 0.29) is 11.2 Å². The van der Waals surface area contributed by atoms with E-state index in [0.29, 0.717) is 6.42 Å². The lowest BCUT2D eigenvalue weighted by Crippen LogP contribution is -2.22. The van der Waals surface area contributed by atoms with Crippen LogP contribution in [0.1, 0.15) is 16.5 Å². The van der Waals surface area contributed by atoms with Crippen LogP contribution in [0.3, 0.4) is 0 Å². The molecule has 2 nitrogen and oxygen atoms in total. The molecule has 0 N–H and O–H groups in total. The van der Waals surface area contributed by atoms with Crippen molar-refractivity contribution in [1.29, 1.82) is 0 Å². The first kappa shape index (κ1) is 16.1. The predicted molar refractivity (Wildman–Crippen MR) is 102 cm³/mol. The van der Waals surface area contributed by atoms with Gasteiger partial charge in [0.05, 0.1) is 0 Å². The Hall–Kier alpha value is -1.78. The minimum Gasteiger partial charge on any atom is -0.349 e. The summed E-state index contributed by atoms with van der Waals surface area (Å²) in [5.74, 6) is 0.0986. The summed E-state index contributed by atoms with van der Waals surface area (Å²) >= 11 is 6.48. The molecule has 0 fully saturated rings. The molecule has 0 bridgehead atoms. The number of hydrogen-bond donors (Lipinski definition) is 1. The fraction of sp³-hybridized carbons (Fsp3) is 0.211. The van der Waals surface area contributed by atoms with Gasteiger partial charge in [0.25, 0.3) is 0 Å². The maximum atomic E-state index is 12.1. The van der Waals surface area contributed by atoms with Gasteiger partial charge in [-0.1, -0.05) is 48.5 Å². The molecular weight excluding hydrogens is 322 g/mol. The quantitative estimate of drug-likeness (QED) is 0.661. The topological polar surface area (TPSA) is 20.3 Å². The maximum absolute atomic E-state index is 12.1. The van der Waals surface area contributed by atoms with Crippen LogP contribution in [0.15, 0.2) is 54.6 Å². The van der Waals surface area contributed by atoms with Gasteiger partial charge < -0.3 is 4.90 Å². The Balaban J connectivity index is 2.11. The number of nitrogens with zero attached hydrogens (tertiary/aromatic N) is 1. The average Bonchev–Trinajstić information content (AvgIpc) is 2.95. The van der Waals surface area contributed by atoms with Gasteiger partial charge in [0.15, 0.2) is 0 Å². The largest absolute Gasteiger partial charge is 0.349 e. The van der Waals surface area contributed by atoms with Crippen molar-refractivity contribution >= 4 is 40.0 Å². The van der Waals surface area contributed by atoms with Gasteiger partial charge in [-0.25, -0.2) is 0 Å². The van der Waals surface area contributed by atoms with Crippen molar-refractivity contribution in [2.75, 3.05) is 14.1 Å². The number of thiophene rings is 1. The van der Waals surface area contributed by atoms with E-state index < -0.39 is 0 Å². The third-order valence-electron chi connectivity index (χ3n) is 3.85.